The molecule has 3 aliphatic heterocycles. The lowest BCUT2D eigenvalue weighted by atomic mass is 9.60. The van der Waals surface area contributed by atoms with Gasteiger partial charge >= 0.3 is 12.1 Å². The molecule has 3 heterocycles. The summed E-state index contributed by atoms with van der Waals surface area (Å²) in [4.78, 5) is 26.5. The number of halogens is 3. The summed E-state index contributed by atoms with van der Waals surface area (Å²) >= 11 is 0. The maximum Gasteiger partial charge on any atom is 0.490 e. The maximum atomic E-state index is 12.9. The predicted octanol–water partition coefficient (Wildman–Crippen LogP) is 4.46. The minimum Gasteiger partial charge on any atom is -0.475 e. The van der Waals surface area contributed by atoms with Crippen molar-refractivity contribution in [1.82, 2.24) is 9.80 Å². The first kappa shape index (κ1) is 26.2. The molecule has 5 rings (SSSR count). The lowest BCUT2D eigenvalue weighted by molar-refractivity contribution is -0.192. The van der Waals surface area contributed by atoms with Crippen LogP contribution >= 0.6 is 0 Å². The van der Waals surface area contributed by atoms with E-state index in [-0.39, 0.29) is 16.7 Å². The molecule has 0 aliphatic carbocycles. The number of fused-ring (bicyclic) bond motifs is 1. The minimum atomic E-state index is -5.08. The molecule has 0 radical (unpaired) electrons. The number of rotatable bonds is 3. The highest BCUT2D eigenvalue weighted by atomic mass is 19.4. The van der Waals surface area contributed by atoms with E-state index < -0.39 is 12.1 Å². The van der Waals surface area contributed by atoms with E-state index in [4.69, 9.17) is 14.6 Å². The molecule has 0 bridgehead atoms. The number of carbonyl (C=O) groups is 2. The quantitative estimate of drug-likeness (QED) is 0.668. The van der Waals surface area contributed by atoms with Crippen LogP contribution in [0.25, 0.3) is 0 Å². The third kappa shape index (κ3) is 5.57. The van der Waals surface area contributed by atoms with Crippen molar-refractivity contribution in [1.29, 1.82) is 0 Å². The van der Waals surface area contributed by atoms with Gasteiger partial charge in [0, 0.05) is 50.3 Å². The van der Waals surface area contributed by atoms with Gasteiger partial charge in [-0.1, -0.05) is 48.5 Å². The molecule has 36 heavy (non-hydrogen) atoms. The van der Waals surface area contributed by atoms with Crippen LogP contribution in [0.4, 0.5) is 13.2 Å². The zero-order chi connectivity index (χ0) is 25.8. The van der Waals surface area contributed by atoms with Crippen LogP contribution in [0.3, 0.4) is 0 Å². The van der Waals surface area contributed by atoms with Crippen LogP contribution in [-0.4, -0.2) is 72.4 Å². The highest BCUT2D eigenvalue weighted by Crippen LogP contribution is 2.57. The number of carboxylic acids is 1. The van der Waals surface area contributed by atoms with Crippen LogP contribution in [0, 0.1) is 10.8 Å². The first-order valence-electron chi connectivity index (χ1n) is 12.1. The molecule has 1 amide bonds. The van der Waals surface area contributed by atoms with E-state index in [0.717, 1.165) is 70.8 Å². The lowest BCUT2D eigenvalue weighted by Gasteiger charge is -2.47. The van der Waals surface area contributed by atoms with Crippen LogP contribution in [0.5, 0.6) is 0 Å². The number of piperidine rings is 1. The number of carbonyl (C=O) groups excluding carboxylic acids is 1. The molecule has 3 saturated heterocycles. The average Bonchev–Trinajstić information content (AvgIpc) is 3.45. The number of alkyl halides is 3. The molecule has 1 atom stereocenters. The Morgan fingerprint density at radius 2 is 1.44 bits per heavy atom. The molecule has 1 unspecified atom stereocenters. The molecule has 0 saturated carbocycles. The molecule has 0 aromatic heterocycles. The van der Waals surface area contributed by atoms with Crippen LogP contribution < -0.4 is 0 Å². The zero-order valence-electron chi connectivity index (χ0n) is 20.0. The predicted molar refractivity (Wildman–Crippen MR) is 127 cm³/mol. The number of hydrogen-bond donors (Lipinski definition) is 1. The van der Waals surface area contributed by atoms with Gasteiger partial charge in [0.2, 0.25) is 0 Å². The molecule has 6 nitrogen and oxygen atoms in total. The van der Waals surface area contributed by atoms with Gasteiger partial charge in [-0.2, -0.15) is 13.2 Å². The molecule has 2 aromatic rings. The smallest absolute Gasteiger partial charge is 0.475 e. The van der Waals surface area contributed by atoms with Crippen molar-refractivity contribution in [2.45, 2.75) is 32.0 Å². The fraction of sp³-hybridized carbons (Fsp3) is 0.481. The summed E-state index contributed by atoms with van der Waals surface area (Å²) < 4.78 is 37.7. The number of aliphatic carboxylic acids is 1. The van der Waals surface area contributed by atoms with E-state index >= 15 is 0 Å². The van der Waals surface area contributed by atoms with Crippen LogP contribution in [0.2, 0.25) is 0 Å². The van der Waals surface area contributed by atoms with Crippen LogP contribution in [0.1, 0.15) is 35.2 Å². The molecule has 1 N–H and O–H groups in total. The Labute approximate surface area is 208 Å². The molecule has 3 aliphatic rings. The van der Waals surface area contributed by atoms with Gasteiger partial charge in [-0.3, -0.25) is 9.69 Å². The van der Waals surface area contributed by atoms with E-state index in [2.05, 4.69) is 40.1 Å². The number of carboxylic acid groups (broad SMARTS) is 1. The van der Waals surface area contributed by atoms with Crippen molar-refractivity contribution in [3.63, 3.8) is 0 Å². The molecule has 3 fully saturated rings. The van der Waals surface area contributed by atoms with Crippen molar-refractivity contribution in [2.75, 3.05) is 39.4 Å². The Morgan fingerprint density at radius 1 is 0.889 bits per heavy atom. The van der Waals surface area contributed by atoms with Crippen molar-refractivity contribution in [2.24, 2.45) is 10.8 Å². The number of nitrogens with zero attached hydrogens (tertiary/aromatic N) is 2. The number of benzene rings is 2. The molecular weight excluding hydrogens is 473 g/mol. The molecular formula is C27H31F3N2O4. The Hall–Kier alpha value is -2.91. The summed E-state index contributed by atoms with van der Waals surface area (Å²) in [5.74, 6) is -2.58. The average molecular weight is 505 g/mol. The van der Waals surface area contributed by atoms with Crippen LogP contribution in [-0.2, 0) is 16.1 Å². The largest absolute Gasteiger partial charge is 0.490 e. The SMILES string of the molecule is O=C(O)C(F)(F)F.O=C(c1ccccc1)N1CCC2(CC1)CN(Cc1ccccc1)CC21CCOC1. The summed E-state index contributed by atoms with van der Waals surface area (Å²) in [7, 11) is 0. The van der Waals surface area contributed by atoms with Gasteiger partial charge in [0.1, 0.15) is 0 Å². The highest BCUT2D eigenvalue weighted by molar-refractivity contribution is 5.94. The van der Waals surface area contributed by atoms with Crippen molar-refractivity contribution < 1.29 is 32.6 Å². The second-order valence-electron chi connectivity index (χ2n) is 9.96. The maximum absolute atomic E-state index is 12.9. The Balaban J connectivity index is 0.000000384. The Morgan fingerprint density at radius 3 is 1.97 bits per heavy atom. The van der Waals surface area contributed by atoms with Gasteiger partial charge < -0.3 is 14.7 Å². The lowest BCUT2D eigenvalue weighted by Crippen LogP contribution is -2.51. The van der Waals surface area contributed by atoms with E-state index in [0.29, 0.717) is 0 Å². The van der Waals surface area contributed by atoms with E-state index in [9.17, 15) is 18.0 Å². The molecule has 9 heteroatoms. The standard InChI is InChI=1S/C25H30N2O2.C2HF3O2/c28-23(22-9-5-2-6-10-22)27-14-11-24(12-15-27)18-26(17-21-7-3-1-4-8-21)19-25(24)13-16-29-20-25;3-2(4,5)1(6)7/h1-10H,11-20H2;(H,6,7). The molecule has 194 valence electrons. The normalized spacial score (nSPS) is 23.5. The topological polar surface area (TPSA) is 70.1 Å². The summed E-state index contributed by atoms with van der Waals surface area (Å²) in [6, 6.07) is 20.5. The van der Waals surface area contributed by atoms with Gasteiger partial charge in [-0.25, -0.2) is 4.79 Å². The zero-order valence-corrected chi connectivity index (χ0v) is 20.0. The van der Waals surface area contributed by atoms with Gasteiger partial charge in [0.05, 0.1) is 6.61 Å². The van der Waals surface area contributed by atoms with Gasteiger partial charge in [0.15, 0.2) is 0 Å². The monoisotopic (exact) mass is 504 g/mol. The summed E-state index contributed by atoms with van der Waals surface area (Å²) in [6.07, 6.45) is -1.76. The minimum absolute atomic E-state index is 0.177. The Bertz CT molecular complexity index is 1030. The number of hydrogen-bond acceptors (Lipinski definition) is 4. The Kier molecular flexibility index (Phi) is 7.70. The number of amides is 1. The van der Waals surface area contributed by atoms with Crippen molar-refractivity contribution >= 4 is 11.9 Å². The first-order valence-corrected chi connectivity index (χ1v) is 12.1. The number of ether oxygens (including phenoxy) is 1. The van der Waals surface area contributed by atoms with Gasteiger partial charge in [0.25, 0.3) is 5.91 Å². The molecule has 2 aromatic carbocycles. The third-order valence-corrected chi connectivity index (χ3v) is 7.80. The van der Waals surface area contributed by atoms with Crippen molar-refractivity contribution in [3.05, 3.63) is 71.8 Å². The fourth-order valence-electron chi connectivity index (χ4n) is 5.94. The summed E-state index contributed by atoms with van der Waals surface area (Å²) in [5.41, 5.74) is 2.71. The van der Waals surface area contributed by atoms with Crippen molar-refractivity contribution in [3.8, 4) is 0 Å². The van der Waals surface area contributed by atoms with Gasteiger partial charge in [-0.15, -0.1) is 0 Å². The highest BCUT2D eigenvalue weighted by Gasteiger charge is 2.59. The number of likely N-dealkylation sites (tertiary alicyclic amines) is 2. The second kappa shape index (κ2) is 10.6. The van der Waals surface area contributed by atoms with E-state index in [1.807, 2.05) is 30.3 Å². The van der Waals surface area contributed by atoms with E-state index in [1.165, 1.54) is 5.56 Å². The summed E-state index contributed by atoms with van der Waals surface area (Å²) in [5, 5.41) is 7.12. The fourth-order valence-corrected chi connectivity index (χ4v) is 5.94. The molecule has 2 spiro atoms. The van der Waals surface area contributed by atoms with Gasteiger partial charge in [-0.05, 0) is 42.4 Å². The first-order chi connectivity index (χ1) is 17.1. The summed E-state index contributed by atoms with van der Waals surface area (Å²) in [6.45, 7) is 6.73. The second-order valence-corrected chi connectivity index (χ2v) is 9.96. The van der Waals surface area contributed by atoms with Crippen LogP contribution in [0.15, 0.2) is 60.7 Å². The third-order valence-electron chi connectivity index (χ3n) is 7.80. The van der Waals surface area contributed by atoms with E-state index in [1.54, 1.807) is 0 Å².